The van der Waals surface area contributed by atoms with Gasteiger partial charge in [-0.05, 0) is 13.3 Å². The summed E-state index contributed by atoms with van der Waals surface area (Å²) in [5.74, 6) is -0.260. The molecule has 20 heavy (non-hydrogen) atoms. The second-order valence-electron chi connectivity index (χ2n) is 4.57. The van der Waals surface area contributed by atoms with E-state index in [4.69, 9.17) is 5.73 Å². The van der Waals surface area contributed by atoms with Crippen LogP contribution in [0.3, 0.4) is 0 Å². The first-order chi connectivity index (χ1) is 9.27. The predicted octanol–water partition coefficient (Wildman–Crippen LogP) is -0.415. The van der Waals surface area contributed by atoms with Gasteiger partial charge in [-0.3, -0.25) is 4.79 Å². The number of nitrogens with zero attached hydrogens (tertiary/aromatic N) is 2. The predicted molar refractivity (Wildman–Crippen MR) is 75.3 cm³/mol. The van der Waals surface area contributed by atoms with Crippen LogP contribution in [0.2, 0.25) is 0 Å². The summed E-state index contributed by atoms with van der Waals surface area (Å²) < 4.78 is 27.7. The van der Waals surface area contributed by atoms with Crippen molar-refractivity contribution in [3.63, 3.8) is 0 Å². The lowest BCUT2D eigenvalue weighted by molar-refractivity contribution is -0.121. The fourth-order valence-corrected chi connectivity index (χ4v) is 2.84. The number of nitrogens with one attached hydrogen (secondary N) is 2. The first-order valence-electron chi connectivity index (χ1n) is 6.33. The van der Waals surface area contributed by atoms with Crippen LogP contribution in [0.4, 0.5) is 5.82 Å². The SMILES string of the molecule is CCC(C)NC(=O)CCNS(=O)(=O)c1c(N)ncn1C. The summed E-state index contributed by atoms with van der Waals surface area (Å²) in [5.41, 5.74) is 5.51. The van der Waals surface area contributed by atoms with E-state index < -0.39 is 10.0 Å². The summed E-state index contributed by atoms with van der Waals surface area (Å²) in [6.07, 6.45) is 2.21. The number of carbonyl (C=O) groups excluding carboxylic acids is 1. The summed E-state index contributed by atoms with van der Waals surface area (Å²) in [7, 11) is -2.23. The molecule has 4 N–H and O–H groups in total. The lowest BCUT2D eigenvalue weighted by Crippen LogP contribution is -2.35. The van der Waals surface area contributed by atoms with Gasteiger partial charge < -0.3 is 15.6 Å². The second-order valence-corrected chi connectivity index (χ2v) is 6.25. The summed E-state index contributed by atoms with van der Waals surface area (Å²) in [6, 6.07) is 0.0758. The highest BCUT2D eigenvalue weighted by atomic mass is 32.2. The van der Waals surface area contributed by atoms with Crippen LogP contribution in [-0.2, 0) is 21.9 Å². The maximum Gasteiger partial charge on any atom is 0.260 e. The average Bonchev–Trinajstić information content (AvgIpc) is 2.69. The highest BCUT2D eigenvalue weighted by Crippen LogP contribution is 2.14. The maximum atomic E-state index is 12.0. The molecule has 0 saturated carbocycles. The molecule has 0 saturated heterocycles. The number of aromatic nitrogens is 2. The Morgan fingerprint density at radius 3 is 2.70 bits per heavy atom. The first-order valence-corrected chi connectivity index (χ1v) is 7.82. The van der Waals surface area contributed by atoms with E-state index in [0.717, 1.165) is 6.42 Å². The fourth-order valence-electron chi connectivity index (χ4n) is 1.58. The summed E-state index contributed by atoms with van der Waals surface area (Å²) in [5, 5.41) is 2.66. The van der Waals surface area contributed by atoms with Crippen LogP contribution in [0.15, 0.2) is 11.4 Å². The van der Waals surface area contributed by atoms with Gasteiger partial charge in [0.2, 0.25) is 5.91 Å². The van der Waals surface area contributed by atoms with Crippen molar-refractivity contribution in [1.82, 2.24) is 19.6 Å². The molecule has 0 bridgehead atoms. The maximum absolute atomic E-state index is 12.0. The molecule has 1 aromatic heterocycles. The van der Waals surface area contributed by atoms with Gasteiger partial charge in [-0.1, -0.05) is 6.92 Å². The van der Waals surface area contributed by atoms with Gasteiger partial charge >= 0.3 is 0 Å². The van der Waals surface area contributed by atoms with Gasteiger partial charge in [0, 0.05) is 26.1 Å². The molecule has 114 valence electrons. The number of amides is 1. The largest absolute Gasteiger partial charge is 0.381 e. The lowest BCUT2D eigenvalue weighted by Gasteiger charge is -2.12. The van der Waals surface area contributed by atoms with Crippen LogP contribution in [0.25, 0.3) is 0 Å². The Morgan fingerprint density at radius 2 is 2.20 bits per heavy atom. The zero-order valence-corrected chi connectivity index (χ0v) is 12.7. The Bertz CT molecular complexity index is 547. The zero-order valence-electron chi connectivity index (χ0n) is 11.9. The smallest absolute Gasteiger partial charge is 0.260 e. The molecular weight excluding hydrogens is 282 g/mol. The van der Waals surface area contributed by atoms with E-state index in [0.29, 0.717) is 0 Å². The van der Waals surface area contributed by atoms with Crippen LogP contribution >= 0.6 is 0 Å². The monoisotopic (exact) mass is 303 g/mol. The molecule has 1 aromatic rings. The number of imidazole rings is 1. The van der Waals surface area contributed by atoms with Gasteiger partial charge in [0.15, 0.2) is 10.8 Å². The molecule has 1 atom stereocenters. The van der Waals surface area contributed by atoms with E-state index >= 15 is 0 Å². The first kappa shape index (κ1) is 16.4. The fraction of sp³-hybridized carbons (Fsp3) is 0.636. The van der Waals surface area contributed by atoms with Gasteiger partial charge in [0.25, 0.3) is 10.0 Å². The minimum Gasteiger partial charge on any atom is -0.381 e. The molecule has 9 heteroatoms. The molecule has 0 aliphatic heterocycles. The highest BCUT2D eigenvalue weighted by Gasteiger charge is 2.22. The molecule has 0 aliphatic rings. The van der Waals surface area contributed by atoms with Crippen molar-refractivity contribution in [2.24, 2.45) is 7.05 Å². The third-order valence-electron chi connectivity index (χ3n) is 2.83. The van der Waals surface area contributed by atoms with Crippen LogP contribution in [0.1, 0.15) is 26.7 Å². The van der Waals surface area contributed by atoms with Crippen molar-refractivity contribution >= 4 is 21.7 Å². The number of hydrogen-bond acceptors (Lipinski definition) is 5. The molecule has 1 amide bonds. The number of sulfonamides is 1. The summed E-state index contributed by atoms with van der Waals surface area (Å²) in [4.78, 5) is 15.2. The topological polar surface area (TPSA) is 119 Å². The van der Waals surface area contributed by atoms with Crippen molar-refractivity contribution in [3.8, 4) is 0 Å². The number of nitrogens with two attached hydrogens (primary N) is 1. The lowest BCUT2D eigenvalue weighted by atomic mass is 10.2. The average molecular weight is 303 g/mol. The van der Waals surface area contributed by atoms with Crippen molar-refractivity contribution in [2.75, 3.05) is 12.3 Å². The molecule has 1 rings (SSSR count). The number of carbonyl (C=O) groups is 1. The molecule has 0 spiro atoms. The number of anilines is 1. The molecule has 8 nitrogen and oxygen atoms in total. The molecule has 1 heterocycles. The van der Waals surface area contributed by atoms with Crippen LogP contribution in [-0.4, -0.2) is 36.5 Å². The number of nitrogen functional groups attached to an aromatic ring is 1. The minimum atomic E-state index is -3.76. The van der Waals surface area contributed by atoms with E-state index in [1.807, 2.05) is 13.8 Å². The normalized spacial score (nSPS) is 13.2. The van der Waals surface area contributed by atoms with Crippen molar-refractivity contribution in [2.45, 2.75) is 37.8 Å². The molecule has 0 aromatic carbocycles. The Labute approximate surface area is 118 Å². The molecular formula is C11H21N5O3S. The van der Waals surface area contributed by atoms with E-state index in [1.54, 1.807) is 0 Å². The molecule has 0 aliphatic carbocycles. The Kier molecular flexibility index (Phi) is 5.52. The third kappa shape index (κ3) is 4.20. The van der Waals surface area contributed by atoms with E-state index in [1.165, 1.54) is 17.9 Å². The standard InChI is InChI=1S/C11H21N5O3S/c1-4-8(2)15-9(17)5-6-14-20(18,19)11-10(12)13-7-16(11)3/h7-8,14H,4-6,12H2,1-3H3,(H,15,17). The van der Waals surface area contributed by atoms with E-state index in [9.17, 15) is 13.2 Å². The molecule has 1 unspecified atom stereocenters. The number of rotatable bonds is 7. The second kappa shape index (κ2) is 6.71. The van der Waals surface area contributed by atoms with Gasteiger partial charge in [0.1, 0.15) is 0 Å². The zero-order chi connectivity index (χ0) is 15.3. The third-order valence-corrected chi connectivity index (χ3v) is 4.42. The number of aryl methyl sites for hydroxylation is 1. The van der Waals surface area contributed by atoms with Crippen LogP contribution < -0.4 is 15.8 Å². The summed E-state index contributed by atoms with van der Waals surface area (Å²) >= 11 is 0. The number of hydrogen-bond donors (Lipinski definition) is 3. The van der Waals surface area contributed by atoms with E-state index in [-0.39, 0.29) is 35.8 Å². The van der Waals surface area contributed by atoms with Crippen molar-refractivity contribution in [3.05, 3.63) is 6.33 Å². The quantitative estimate of drug-likeness (QED) is 0.632. The van der Waals surface area contributed by atoms with Crippen LogP contribution in [0.5, 0.6) is 0 Å². The molecule has 0 radical (unpaired) electrons. The van der Waals surface area contributed by atoms with Gasteiger partial charge in [-0.2, -0.15) is 0 Å². The van der Waals surface area contributed by atoms with E-state index in [2.05, 4.69) is 15.0 Å². The molecule has 0 fully saturated rings. The van der Waals surface area contributed by atoms with Crippen molar-refractivity contribution < 1.29 is 13.2 Å². The van der Waals surface area contributed by atoms with Gasteiger partial charge in [-0.25, -0.2) is 18.1 Å². The van der Waals surface area contributed by atoms with Gasteiger partial charge in [-0.15, -0.1) is 0 Å². The highest BCUT2D eigenvalue weighted by molar-refractivity contribution is 7.89. The Hall–Kier alpha value is -1.61. The Morgan fingerprint density at radius 1 is 1.55 bits per heavy atom. The summed E-state index contributed by atoms with van der Waals surface area (Å²) in [6.45, 7) is 3.85. The van der Waals surface area contributed by atoms with Crippen LogP contribution in [0, 0.1) is 0 Å². The van der Waals surface area contributed by atoms with Gasteiger partial charge in [0.05, 0.1) is 6.33 Å². The Balaban J connectivity index is 2.55. The minimum absolute atomic E-state index is 0.00915. The van der Waals surface area contributed by atoms with Crippen molar-refractivity contribution in [1.29, 1.82) is 0 Å².